The molecule has 1 heterocycles. The Morgan fingerprint density at radius 1 is 1.38 bits per heavy atom. The Morgan fingerprint density at radius 2 is 2.19 bits per heavy atom. The van der Waals surface area contributed by atoms with Crippen LogP contribution in [0.3, 0.4) is 0 Å². The number of halogens is 2. The van der Waals surface area contributed by atoms with E-state index in [9.17, 15) is 4.39 Å². The van der Waals surface area contributed by atoms with Crippen LogP contribution in [0, 0.1) is 5.82 Å². The van der Waals surface area contributed by atoms with Crippen LogP contribution in [-0.2, 0) is 0 Å². The third-order valence-electron chi connectivity index (χ3n) is 2.35. The fourth-order valence-corrected chi connectivity index (χ4v) is 2.53. The van der Waals surface area contributed by atoms with Gasteiger partial charge in [0.15, 0.2) is 0 Å². The first-order valence-electron chi connectivity index (χ1n) is 4.90. The van der Waals surface area contributed by atoms with Crippen molar-refractivity contribution in [2.24, 2.45) is 0 Å². The minimum absolute atomic E-state index is 0.113. The molecule has 1 atom stereocenters. The fourth-order valence-electron chi connectivity index (χ4n) is 1.44. The number of rotatable bonds is 3. The van der Waals surface area contributed by atoms with Gasteiger partial charge in [0.2, 0.25) is 0 Å². The second kappa shape index (κ2) is 4.97. The molecule has 0 bridgehead atoms. The molecule has 1 N–H and O–H groups in total. The lowest BCUT2D eigenvalue weighted by atomic mass is 10.1. The maximum atomic E-state index is 13.6. The van der Waals surface area contributed by atoms with E-state index < -0.39 is 0 Å². The smallest absolute Gasteiger partial charge is 0.147 e. The summed E-state index contributed by atoms with van der Waals surface area (Å²) in [4.78, 5) is 0. The Hall–Kier alpha value is -0.870. The zero-order valence-electron chi connectivity index (χ0n) is 8.71. The van der Waals surface area contributed by atoms with Crippen LogP contribution in [0.1, 0.15) is 18.5 Å². The zero-order valence-corrected chi connectivity index (χ0v) is 11.1. The van der Waals surface area contributed by atoms with E-state index >= 15 is 0 Å². The highest BCUT2D eigenvalue weighted by Gasteiger charge is 2.08. The Kier molecular flexibility index (Phi) is 3.61. The van der Waals surface area contributed by atoms with Gasteiger partial charge in [-0.25, -0.2) is 4.39 Å². The molecular formula is C12H11BrFNS. The molecule has 0 aliphatic carbocycles. The third kappa shape index (κ3) is 2.62. The summed E-state index contributed by atoms with van der Waals surface area (Å²) in [5.74, 6) is -0.239. The lowest BCUT2D eigenvalue weighted by Gasteiger charge is -2.14. The van der Waals surface area contributed by atoms with Gasteiger partial charge in [0.25, 0.3) is 0 Å². The number of hydrogen-bond donors (Lipinski definition) is 1. The van der Waals surface area contributed by atoms with E-state index in [2.05, 4.69) is 26.6 Å². The summed E-state index contributed by atoms with van der Waals surface area (Å²) in [6, 6.07) is 7.18. The van der Waals surface area contributed by atoms with Gasteiger partial charge in [0.1, 0.15) is 5.82 Å². The number of anilines is 1. The number of nitrogens with one attached hydrogen (secondary N) is 1. The standard InChI is InChI=1S/C12H11BrFNS/c1-8(9-4-5-16-7-9)15-12-3-2-10(13)6-11(12)14/h2-8,15H,1H3. The van der Waals surface area contributed by atoms with Crippen LogP contribution in [0.15, 0.2) is 39.5 Å². The molecule has 0 aliphatic rings. The summed E-state index contributed by atoms with van der Waals surface area (Å²) >= 11 is 4.88. The predicted octanol–water partition coefficient (Wildman–Crippen LogP) is 4.82. The molecule has 0 radical (unpaired) electrons. The van der Waals surface area contributed by atoms with Gasteiger partial charge in [-0.15, -0.1) is 0 Å². The maximum absolute atomic E-state index is 13.6. The van der Waals surface area contributed by atoms with Gasteiger partial charge >= 0.3 is 0 Å². The second-order valence-corrected chi connectivity index (χ2v) is 5.24. The van der Waals surface area contributed by atoms with E-state index in [-0.39, 0.29) is 11.9 Å². The molecular weight excluding hydrogens is 289 g/mol. The van der Waals surface area contributed by atoms with Crippen LogP contribution in [0.4, 0.5) is 10.1 Å². The van der Waals surface area contributed by atoms with Crippen LogP contribution in [0.25, 0.3) is 0 Å². The first-order valence-corrected chi connectivity index (χ1v) is 6.64. The van der Waals surface area contributed by atoms with E-state index in [0.717, 1.165) is 4.47 Å². The van der Waals surface area contributed by atoms with E-state index in [1.807, 2.05) is 24.4 Å². The average molecular weight is 300 g/mol. The quantitative estimate of drug-likeness (QED) is 0.856. The van der Waals surface area contributed by atoms with Crippen molar-refractivity contribution in [1.29, 1.82) is 0 Å². The first kappa shape index (κ1) is 11.6. The van der Waals surface area contributed by atoms with Crippen LogP contribution < -0.4 is 5.32 Å². The third-order valence-corrected chi connectivity index (χ3v) is 3.54. The van der Waals surface area contributed by atoms with Gasteiger partial charge in [-0.05, 0) is 47.5 Å². The summed E-state index contributed by atoms with van der Waals surface area (Å²) in [7, 11) is 0. The molecule has 0 saturated carbocycles. The maximum Gasteiger partial charge on any atom is 0.147 e. The van der Waals surface area contributed by atoms with Gasteiger partial charge in [0, 0.05) is 10.5 Å². The highest BCUT2D eigenvalue weighted by atomic mass is 79.9. The minimum atomic E-state index is -0.239. The molecule has 0 spiro atoms. The van der Waals surface area contributed by atoms with E-state index in [4.69, 9.17) is 0 Å². The summed E-state index contributed by atoms with van der Waals surface area (Å²) in [6.45, 7) is 2.02. The Labute approximate surface area is 106 Å². The van der Waals surface area contributed by atoms with Crippen molar-refractivity contribution in [3.05, 3.63) is 50.9 Å². The largest absolute Gasteiger partial charge is 0.376 e. The molecule has 16 heavy (non-hydrogen) atoms. The number of hydrogen-bond acceptors (Lipinski definition) is 2. The molecule has 2 rings (SSSR count). The molecule has 1 aromatic carbocycles. The normalized spacial score (nSPS) is 12.4. The van der Waals surface area contributed by atoms with Gasteiger partial charge < -0.3 is 5.32 Å². The molecule has 1 aromatic heterocycles. The van der Waals surface area contributed by atoms with Crippen molar-refractivity contribution in [2.75, 3.05) is 5.32 Å². The Balaban J connectivity index is 2.15. The Morgan fingerprint density at radius 3 is 2.81 bits per heavy atom. The van der Waals surface area contributed by atoms with Crippen molar-refractivity contribution in [3.8, 4) is 0 Å². The molecule has 1 unspecified atom stereocenters. The lowest BCUT2D eigenvalue weighted by Crippen LogP contribution is -2.06. The SMILES string of the molecule is CC(Nc1ccc(Br)cc1F)c1ccsc1. The van der Waals surface area contributed by atoms with Crippen LogP contribution in [0.2, 0.25) is 0 Å². The topological polar surface area (TPSA) is 12.0 Å². The van der Waals surface area contributed by atoms with Crippen LogP contribution in [0.5, 0.6) is 0 Å². The first-order chi connectivity index (χ1) is 7.66. The molecule has 0 amide bonds. The molecule has 0 saturated heterocycles. The fraction of sp³-hybridized carbons (Fsp3) is 0.167. The minimum Gasteiger partial charge on any atom is -0.376 e. The van der Waals surface area contributed by atoms with Gasteiger partial charge in [-0.3, -0.25) is 0 Å². The van der Waals surface area contributed by atoms with E-state index in [1.54, 1.807) is 17.4 Å². The van der Waals surface area contributed by atoms with Crippen molar-refractivity contribution in [1.82, 2.24) is 0 Å². The molecule has 1 nitrogen and oxygen atoms in total. The monoisotopic (exact) mass is 299 g/mol. The second-order valence-electron chi connectivity index (χ2n) is 3.55. The van der Waals surface area contributed by atoms with Crippen molar-refractivity contribution in [3.63, 3.8) is 0 Å². The van der Waals surface area contributed by atoms with Crippen molar-refractivity contribution in [2.45, 2.75) is 13.0 Å². The number of thiophene rings is 1. The van der Waals surface area contributed by atoms with Crippen molar-refractivity contribution < 1.29 is 4.39 Å². The number of benzene rings is 1. The molecule has 0 fully saturated rings. The lowest BCUT2D eigenvalue weighted by molar-refractivity contribution is 0.626. The van der Waals surface area contributed by atoms with Gasteiger partial charge in [0.05, 0.1) is 5.69 Å². The predicted molar refractivity (Wildman–Crippen MR) is 70.5 cm³/mol. The van der Waals surface area contributed by atoms with Crippen LogP contribution in [-0.4, -0.2) is 0 Å². The van der Waals surface area contributed by atoms with E-state index in [0.29, 0.717) is 5.69 Å². The summed E-state index contributed by atoms with van der Waals surface area (Å²) < 4.78 is 14.3. The van der Waals surface area contributed by atoms with Gasteiger partial charge in [-0.1, -0.05) is 15.9 Å². The van der Waals surface area contributed by atoms with Gasteiger partial charge in [-0.2, -0.15) is 11.3 Å². The highest BCUT2D eigenvalue weighted by molar-refractivity contribution is 9.10. The molecule has 2 aromatic rings. The average Bonchev–Trinajstić information content (AvgIpc) is 2.75. The van der Waals surface area contributed by atoms with Crippen LogP contribution >= 0.6 is 27.3 Å². The zero-order chi connectivity index (χ0) is 11.5. The molecule has 84 valence electrons. The molecule has 4 heteroatoms. The summed E-state index contributed by atoms with van der Waals surface area (Å²) in [5.41, 5.74) is 1.70. The Bertz CT molecular complexity index is 470. The summed E-state index contributed by atoms with van der Waals surface area (Å²) in [5, 5.41) is 7.23. The highest BCUT2D eigenvalue weighted by Crippen LogP contribution is 2.25. The van der Waals surface area contributed by atoms with Crippen molar-refractivity contribution >= 4 is 33.0 Å². The summed E-state index contributed by atoms with van der Waals surface area (Å²) in [6.07, 6.45) is 0. The van der Waals surface area contributed by atoms with E-state index in [1.165, 1.54) is 11.6 Å². The molecule has 0 aliphatic heterocycles.